The molecule has 1 aromatic rings. The Labute approximate surface area is 179 Å². The van der Waals surface area contributed by atoms with E-state index in [1.54, 1.807) is 17.0 Å². The first-order valence-electron chi connectivity index (χ1n) is 10.6. The summed E-state index contributed by atoms with van der Waals surface area (Å²) in [5.74, 6) is -1.97. The first kappa shape index (κ1) is 23.3. The summed E-state index contributed by atoms with van der Waals surface area (Å²) in [6.07, 6.45) is -0.694. The highest BCUT2D eigenvalue weighted by Gasteiger charge is 2.44. The highest BCUT2D eigenvalue weighted by Crippen LogP contribution is 2.40. The summed E-state index contributed by atoms with van der Waals surface area (Å²) >= 11 is 0. The van der Waals surface area contributed by atoms with E-state index in [4.69, 9.17) is 9.84 Å². The lowest BCUT2D eigenvalue weighted by atomic mass is 9.81. The van der Waals surface area contributed by atoms with E-state index in [2.05, 4.69) is 10.3 Å². The van der Waals surface area contributed by atoms with Crippen LogP contribution in [0.5, 0.6) is 5.75 Å². The van der Waals surface area contributed by atoms with Crippen LogP contribution in [0.1, 0.15) is 49.0 Å². The number of nitrogens with one attached hydrogen (secondary N) is 1. The number of halogens is 3. The Morgan fingerprint density at radius 2 is 1.97 bits per heavy atom. The van der Waals surface area contributed by atoms with Crippen molar-refractivity contribution in [3.63, 3.8) is 0 Å². The predicted octanol–water partition coefficient (Wildman–Crippen LogP) is 2.54. The SMILES string of the molecule is O=C(NCCO)c1ncccc1OCC1CCCN1C(=O)C1CCC(C(F)(F)F)CC1. The third-order valence-electron chi connectivity index (χ3n) is 6.01. The van der Waals surface area contributed by atoms with Gasteiger partial charge in [0.2, 0.25) is 5.91 Å². The minimum absolute atomic E-state index is 0.00307. The van der Waals surface area contributed by atoms with Crippen LogP contribution in [0.4, 0.5) is 13.2 Å². The lowest BCUT2D eigenvalue weighted by Gasteiger charge is -2.33. The summed E-state index contributed by atoms with van der Waals surface area (Å²) in [5, 5.41) is 11.4. The number of amides is 2. The fraction of sp³-hybridized carbons (Fsp3) is 0.667. The number of carbonyl (C=O) groups excluding carboxylic acids is 2. The van der Waals surface area contributed by atoms with E-state index in [1.807, 2.05) is 0 Å². The summed E-state index contributed by atoms with van der Waals surface area (Å²) in [7, 11) is 0. The van der Waals surface area contributed by atoms with Crippen LogP contribution in [-0.4, -0.2) is 65.3 Å². The van der Waals surface area contributed by atoms with E-state index in [9.17, 15) is 22.8 Å². The highest BCUT2D eigenvalue weighted by atomic mass is 19.4. The number of aromatic nitrogens is 1. The summed E-state index contributed by atoms with van der Waals surface area (Å²) in [5.41, 5.74) is 0.0947. The number of hydrogen-bond acceptors (Lipinski definition) is 5. The fourth-order valence-corrected chi connectivity index (χ4v) is 4.32. The normalized spacial score (nSPS) is 24.1. The maximum atomic E-state index is 13.0. The number of rotatable bonds is 7. The molecule has 1 atom stereocenters. The number of aliphatic hydroxyl groups excluding tert-OH is 1. The van der Waals surface area contributed by atoms with Crippen LogP contribution in [0, 0.1) is 11.8 Å². The summed E-state index contributed by atoms with van der Waals surface area (Å²) in [6, 6.07) is 3.05. The molecule has 1 aliphatic heterocycles. The van der Waals surface area contributed by atoms with Gasteiger partial charge >= 0.3 is 6.18 Å². The molecule has 1 unspecified atom stereocenters. The van der Waals surface area contributed by atoms with Gasteiger partial charge in [0, 0.05) is 25.2 Å². The topological polar surface area (TPSA) is 91.8 Å². The molecule has 1 saturated heterocycles. The molecular weight excluding hydrogens is 415 g/mol. The first-order valence-corrected chi connectivity index (χ1v) is 10.6. The smallest absolute Gasteiger partial charge is 0.391 e. The van der Waals surface area contributed by atoms with Crippen LogP contribution < -0.4 is 10.1 Å². The Hall–Kier alpha value is -2.36. The van der Waals surface area contributed by atoms with E-state index < -0.39 is 18.0 Å². The molecule has 172 valence electrons. The van der Waals surface area contributed by atoms with E-state index in [0.717, 1.165) is 12.8 Å². The van der Waals surface area contributed by atoms with Crippen LogP contribution >= 0.6 is 0 Å². The summed E-state index contributed by atoms with van der Waals surface area (Å²) in [6.45, 7) is 0.633. The van der Waals surface area contributed by atoms with Crippen LogP contribution in [-0.2, 0) is 4.79 Å². The Balaban J connectivity index is 1.57. The van der Waals surface area contributed by atoms with Gasteiger partial charge in [0.15, 0.2) is 11.4 Å². The summed E-state index contributed by atoms with van der Waals surface area (Å²) in [4.78, 5) is 30.9. The zero-order valence-electron chi connectivity index (χ0n) is 17.2. The van der Waals surface area contributed by atoms with Gasteiger partial charge in [0.25, 0.3) is 5.91 Å². The molecule has 1 saturated carbocycles. The second-order valence-corrected chi connectivity index (χ2v) is 8.06. The van der Waals surface area contributed by atoms with E-state index in [1.165, 1.54) is 6.20 Å². The van der Waals surface area contributed by atoms with E-state index in [-0.39, 0.29) is 74.8 Å². The van der Waals surface area contributed by atoms with Crippen molar-refractivity contribution in [3.05, 3.63) is 24.0 Å². The molecular formula is C21H28F3N3O4. The standard InChI is InChI=1S/C21H28F3N3O4/c22-21(23,24)15-7-5-14(6-8-15)20(30)27-11-2-3-16(27)13-31-17-4-1-9-25-18(17)19(29)26-10-12-28/h1,4,9,14-16,28H,2-3,5-8,10-13H2,(H,26,29). The number of pyridine rings is 1. The number of carbonyl (C=O) groups is 2. The maximum Gasteiger partial charge on any atom is 0.391 e. The molecule has 2 N–H and O–H groups in total. The maximum absolute atomic E-state index is 13.0. The van der Waals surface area contributed by atoms with Crippen LogP contribution in [0.15, 0.2) is 18.3 Å². The number of likely N-dealkylation sites (tertiary alicyclic amines) is 1. The van der Waals surface area contributed by atoms with Crippen molar-refractivity contribution in [2.24, 2.45) is 11.8 Å². The molecule has 2 heterocycles. The molecule has 0 spiro atoms. The molecule has 0 bridgehead atoms. The van der Waals surface area contributed by atoms with E-state index in [0.29, 0.717) is 6.54 Å². The van der Waals surface area contributed by atoms with Gasteiger partial charge in [-0.1, -0.05) is 0 Å². The zero-order valence-corrected chi connectivity index (χ0v) is 17.2. The average molecular weight is 443 g/mol. The van der Waals surface area contributed by atoms with Crippen molar-refractivity contribution in [1.29, 1.82) is 0 Å². The van der Waals surface area contributed by atoms with Gasteiger partial charge in [-0.2, -0.15) is 13.2 Å². The minimum Gasteiger partial charge on any atom is -0.489 e. The van der Waals surface area contributed by atoms with Crippen molar-refractivity contribution in [1.82, 2.24) is 15.2 Å². The molecule has 3 rings (SSSR count). The van der Waals surface area contributed by atoms with Crippen LogP contribution in [0.2, 0.25) is 0 Å². The van der Waals surface area contributed by atoms with Crippen molar-refractivity contribution in [2.75, 3.05) is 26.3 Å². The number of alkyl halides is 3. The van der Waals surface area contributed by atoms with Crippen molar-refractivity contribution in [3.8, 4) is 5.75 Å². The zero-order chi connectivity index (χ0) is 22.4. The van der Waals surface area contributed by atoms with Gasteiger partial charge in [-0.05, 0) is 50.7 Å². The molecule has 2 fully saturated rings. The van der Waals surface area contributed by atoms with Crippen LogP contribution in [0.3, 0.4) is 0 Å². The Morgan fingerprint density at radius 1 is 1.23 bits per heavy atom. The summed E-state index contributed by atoms with van der Waals surface area (Å²) < 4.78 is 44.5. The molecule has 10 heteroatoms. The molecule has 2 amide bonds. The lowest BCUT2D eigenvalue weighted by molar-refractivity contribution is -0.185. The average Bonchev–Trinajstić information content (AvgIpc) is 3.24. The van der Waals surface area contributed by atoms with Gasteiger partial charge in [0.1, 0.15) is 6.61 Å². The monoisotopic (exact) mass is 443 g/mol. The second-order valence-electron chi connectivity index (χ2n) is 8.06. The quantitative estimate of drug-likeness (QED) is 0.676. The minimum atomic E-state index is -4.19. The molecule has 7 nitrogen and oxygen atoms in total. The van der Waals surface area contributed by atoms with E-state index >= 15 is 0 Å². The molecule has 0 radical (unpaired) electrons. The number of ether oxygens (including phenoxy) is 1. The third-order valence-corrected chi connectivity index (χ3v) is 6.01. The van der Waals surface area contributed by atoms with Gasteiger partial charge in [-0.15, -0.1) is 0 Å². The van der Waals surface area contributed by atoms with Gasteiger partial charge in [-0.25, -0.2) is 4.98 Å². The fourth-order valence-electron chi connectivity index (χ4n) is 4.32. The Kier molecular flexibility index (Phi) is 7.74. The predicted molar refractivity (Wildman–Crippen MR) is 105 cm³/mol. The van der Waals surface area contributed by atoms with Crippen molar-refractivity contribution < 1.29 is 32.6 Å². The highest BCUT2D eigenvalue weighted by molar-refractivity contribution is 5.94. The van der Waals surface area contributed by atoms with Crippen LogP contribution in [0.25, 0.3) is 0 Å². The number of aliphatic hydroxyl groups is 1. The molecule has 2 aliphatic rings. The van der Waals surface area contributed by atoms with Crippen molar-refractivity contribution >= 4 is 11.8 Å². The van der Waals surface area contributed by atoms with Gasteiger partial charge < -0.3 is 20.1 Å². The third kappa shape index (κ3) is 5.87. The number of hydrogen-bond donors (Lipinski definition) is 2. The first-order chi connectivity index (χ1) is 14.8. The molecule has 0 aromatic carbocycles. The second kappa shape index (κ2) is 10.3. The van der Waals surface area contributed by atoms with Crippen molar-refractivity contribution in [2.45, 2.75) is 50.7 Å². The largest absolute Gasteiger partial charge is 0.489 e. The molecule has 31 heavy (non-hydrogen) atoms. The van der Waals surface area contributed by atoms with Gasteiger partial charge in [0.05, 0.1) is 18.6 Å². The van der Waals surface area contributed by atoms with Gasteiger partial charge in [-0.3, -0.25) is 9.59 Å². The lowest BCUT2D eigenvalue weighted by Crippen LogP contribution is -2.44. The number of nitrogens with zero attached hydrogens (tertiary/aromatic N) is 2. The Bertz CT molecular complexity index is 766. The molecule has 1 aliphatic carbocycles. The molecule has 1 aromatic heterocycles. The Morgan fingerprint density at radius 3 is 2.65 bits per heavy atom.